The maximum absolute atomic E-state index is 13.5. The van der Waals surface area contributed by atoms with Crippen molar-refractivity contribution < 1.29 is 19.1 Å². The number of rotatable bonds is 4. The van der Waals surface area contributed by atoms with Crippen LogP contribution in [0.15, 0.2) is 42.0 Å². The number of anilines is 2. The lowest BCUT2D eigenvalue weighted by Crippen LogP contribution is -2.54. The number of carbonyl (C=O) groups excluding carboxylic acids is 3. The van der Waals surface area contributed by atoms with Crippen LogP contribution in [0.3, 0.4) is 0 Å². The summed E-state index contributed by atoms with van der Waals surface area (Å²) in [5, 5.41) is 2.31. The zero-order chi connectivity index (χ0) is 25.7. The topological polar surface area (TPSA) is 79.0 Å². The average molecular weight is 474 g/mol. The van der Waals surface area contributed by atoms with Crippen molar-refractivity contribution in [2.45, 2.75) is 47.1 Å². The number of aryl methyl sites for hydroxylation is 1. The Hall–Kier alpha value is -3.87. The number of urea groups is 1. The van der Waals surface area contributed by atoms with Crippen LogP contribution in [0.4, 0.5) is 16.2 Å². The van der Waals surface area contributed by atoms with Crippen molar-refractivity contribution in [3.63, 3.8) is 0 Å². The molecule has 0 spiro atoms. The van der Waals surface area contributed by atoms with Crippen molar-refractivity contribution in [3.05, 3.63) is 64.2 Å². The van der Waals surface area contributed by atoms with Crippen LogP contribution in [0, 0.1) is 13.8 Å². The lowest BCUT2D eigenvalue weighted by Gasteiger charge is -2.43. The van der Waals surface area contributed by atoms with E-state index < -0.39 is 17.8 Å². The van der Waals surface area contributed by atoms with Gasteiger partial charge < -0.3 is 9.64 Å². The third-order valence-corrected chi connectivity index (χ3v) is 6.86. The molecule has 1 saturated heterocycles. The highest BCUT2D eigenvalue weighted by Crippen LogP contribution is 2.42. The van der Waals surface area contributed by atoms with Gasteiger partial charge in [0, 0.05) is 29.4 Å². The van der Waals surface area contributed by atoms with E-state index in [9.17, 15) is 14.4 Å². The molecule has 0 aliphatic carbocycles. The Morgan fingerprint density at radius 1 is 1.06 bits per heavy atom. The number of benzene rings is 2. The van der Waals surface area contributed by atoms with E-state index in [1.165, 1.54) is 6.08 Å². The summed E-state index contributed by atoms with van der Waals surface area (Å²) in [4.78, 5) is 42.2. The second kappa shape index (κ2) is 8.73. The zero-order valence-electron chi connectivity index (χ0n) is 21.3. The maximum atomic E-state index is 13.5. The fraction of sp³-hybridized carbons (Fsp3) is 0.321. The molecule has 7 nitrogen and oxygen atoms in total. The number of hydrogen-bond acceptors (Lipinski definition) is 5. The summed E-state index contributed by atoms with van der Waals surface area (Å²) in [7, 11) is 1.56. The number of hydrogen-bond donors (Lipinski definition) is 1. The Kier molecular flexibility index (Phi) is 6.05. The van der Waals surface area contributed by atoms with Crippen molar-refractivity contribution in [1.29, 1.82) is 0 Å². The first-order valence-corrected chi connectivity index (χ1v) is 11.7. The number of imide groups is 2. The van der Waals surface area contributed by atoms with Crippen LogP contribution in [-0.4, -0.2) is 37.0 Å². The predicted octanol–water partition coefficient (Wildman–Crippen LogP) is 5.00. The molecule has 2 aliphatic rings. The fourth-order valence-electron chi connectivity index (χ4n) is 5.00. The molecule has 1 fully saturated rings. The third kappa shape index (κ3) is 4.01. The van der Waals surface area contributed by atoms with E-state index >= 15 is 0 Å². The molecular formula is C28H31N3O4. The normalized spacial score (nSPS) is 18.4. The Morgan fingerprint density at radius 3 is 2.43 bits per heavy atom. The number of barbiturate groups is 1. The lowest BCUT2D eigenvalue weighted by atomic mass is 9.87. The number of carbonyl (C=O) groups is 3. The molecule has 1 N–H and O–H groups in total. The monoisotopic (exact) mass is 473 g/mol. The highest BCUT2D eigenvalue weighted by Gasteiger charge is 2.38. The summed E-state index contributed by atoms with van der Waals surface area (Å²) < 4.78 is 5.67. The van der Waals surface area contributed by atoms with E-state index in [0.29, 0.717) is 17.0 Å². The van der Waals surface area contributed by atoms with Crippen LogP contribution >= 0.6 is 0 Å². The van der Waals surface area contributed by atoms with Gasteiger partial charge in [0.2, 0.25) is 0 Å². The molecular weight excluding hydrogens is 442 g/mol. The summed E-state index contributed by atoms with van der Waals surface area (Å²) in [6.45, 7) is 13.0. The molecule has 0 radical (unpaired) electrons. The third-order valence-electron chi connectivity index (χ3n) is 6.86. The summed E-state index contributed by atoms with van der Waals surface area (Å²) in [5.41, 5.74) is 5.60. The number of allylic oxidation sites excluding steroid dienone is 1. The van der Waals surface area contributed by atoms with Gasteiger partial charge in [0.05, 0.1) is 18.3 Å². The Morgan fingerprint density at radius 2 is 1.77 bits per heavy atom. The van der Waals surface area contributed by atoms with Gasteiger partial charge in [-0.2, -0.15) is 0 Å². The number of nitrogens with zero attached hydrogens (tertiary/aromatic N) is 2. The molecule has 0 atom stereocenters. The van der Waals surface area contributed by atoms with E-state index in [1.807, 2.05) is 32.0 Å². The van der Waals surface area contributed by atoms with Crippen LogP contribution in [0.1, 0.15) is 49.9 Å². The van der Waals surface area contributed by atoms with Crippen LogP contribution in [0.25, 0.3) is 11.6 Å². The molecule has 4 amide bonds. The van der Waals surface area contributed by atoms with Gasteiger partial charge in [0.25, 0.3) is 11.8 Å². The second-order valence-corrected chi connectivity index (χ2v) is 9.51. The van der Waals surface area contributed by atoms with Gasteiger partial charge in [-0.25, -0.2) is 9.69 Å². The molecule has 7 heteroatoms. The van der Waals surface area contributed by atoms with Crippen LogP contribution < -0.4 is 19.9 Å². The zero-order valence-corrected chi connectivity index (χ0v) is 21.3. The molecule has 4 rings (SSSR count). The second-order valence-electron chi connectivity index (χ2n) is 9.51. The smallest absolute Gasteiger partial charge is 0.335 e. The maximum Gasteiger partial charge on any atom is 0.335 e. The van der Waals surface area contributed by atoms with Crippen molar-refractivity contribution in [1.82, 2.24) is 5.32 Å². The van der Waals surface area contributed by atoms with Crippen LogP contribution in [0.2, 0.25) is 0 Å². The highest BCUT2D eigenvalue weighted by molar-refractivity contribution is 6.39. The molecule has 2 aromatic carbocycles. The minimum atomic E-state index is -0.761. The fourth-order valence-corrected chi connectivity index (χ4v) is 5.00. The van der Waals surface area contributed by atoms with Gasteiger partial charge in [-0.15, -0.1) is 0 Å². The number of likely N-dealkylation sites (N-methyl/N-ethyl adjacent to an activating group) is 1. The molecule has 0 aromatic heterocycles. The summed E-state index contributed by atoms with van der Waals surface area (Å²) in [6, 6.07) is 8.50. The summed E-state index contributed by atoms with van der Waals surface area (Å²) in [5.74, 6) is -0.864. The van der Waals surface area contributed by atoms with Gasteiger partial charge in [0.1, 0.15) is 11.3 Å². The van der Waals surface area contributed by atoms with E-state index in [1.54, 1.807) is 19.2 Å². The van der Waals surface area contributed by atoms with Crippen LogP contribution in [-0.2, 0) is 9.59 Å². The summed E-state index contributed by atoms with van der Waals surface area (Å²) in [6.07, 6.45) is 3.71. The Balaban J connectivity index is 1.85. The van der Waals surface area contributed by atoms with E-state index in [2.05, 4.69) is 44.0 Å². The molecule has 0 unspecified atom stereocenters. The Labute approximate surface area is 206 Å². The number of nitrogens with one attached hydrogen (secondary N) is 1. The molecule has 2 aromatic rings. The largest absolute Gasteiger partial charge is 0.496 e. The van der Waals surface area contributed by atoms with Gasteiger partial charge in [-0.1, -0.05) is 18.2 Å². The SMILES string of the molecule is CCN1c2cc(OC)c(/C=C3/C(=O)NC(=O)N(c4cccc(C)c4C)C3=O)cc2C(C)=CC1(C)C. The molecule has 0 saturated carbocycles. The first kappa shape index (κ1) is 24.3. The van der Waals surface area contributed by atoms with Gasteiger partial charge >= 0.3 is 6.03 Å². The van der Waals surface area contributed by atoms with E-state index in [4.69, 9.17) is 4.74 Å². The summed E-state index contributed by atoms with van der Waals surface area (Å²) >= 11 is 0. The van der Waals surface area contributed by atoms with E-state index in [-0.39, 0.29) is 11.1 Å². The number of amides is 4. The standard InChI is InChI=1S/C28H31N3O4/c1-8-30-23-14-24(35-7)19(12-20(23)17(3)15-28(30,5)6)13-21-25(32)29-27(34)31(26(21)33)22-11-9-10-16(2)18(22)4/h9-15H,8H2,1-7H3,(H,29,32,34)/b21-13-. The molecule has 35 heavy (non-hydrogen) atoms. The molecule has 2 aliphatic heterocycles. The quantitative estimate of drug-likeness (QED) is 0.499. The first-order chi connectivity index (χ1) is 16.5. The van der Waals surface area contributed by atoms with Crippen molar-refractivity contribution in [2.75, 3.05) is 23.5 Å². The minimum absolute atomic E-state index is 0.131. The minimum Gasteiger partial charge on any atom is -0.496 e. The highest BCUT2D eigenvalue weighted by atomic mass is 16.5. The van der Waals surface area contributed by atoms with Crippen molar-refractivity contribution >= 4 is 40.9 Å². The number of methoxy groups -OCH3 is 1. The van der Waals surface area contributed by atoms with Gasteiger partial charge in [0.15, 0.2) is 0 Å². The average Bonchev–Trinajstić information content (AvgIpc) is 2.78. The van der Waals surface area contributed by atoms with Gasteiger partial charge in [-0.3, -0.25) is 14.9 Å². The Bertz CT molecular complexity index is 1320. The van der Waals surface area contributed by atoms with E-state index in [0.717, 1.165) is 39.4 Å². The predicted molar refractivity (Wildman–Crippen MR) is 139 cm³/mol. The van der Waals surface area contributed by atoms with Crippen molar-refractivity contribution in [2.24, 2.45) is 0 Å². The van der Waals surface area contributed by atoms with Crippen molar-refractivity contribution in [3.8, 4) is 5.75 Å². The number of ether oxygens (including phenoxy) is 1. The molecule has 2 heterocycles. The first-order valence-electron chi connectivity index (χ1n) is 11.7. The lowest BCUT2D eigenvalue weighted by molar-refractivity contribution is -0.122. The molecule has 182 valence electrons. The van der Waals surface area contributed by atoms with Crippen LogP contribution in [0.5, 0.6) is 5.75 Å². The number of fused-ring (bicyclic) bond motifs is 1. The van der Waals surface area contributed by atoms with Gasteiger partial charge in [-0.05, 0) is 76.5 Å². The molecule has 0 bridgehead atoms.